The largest absolute Gasteiger partial charge is 0.493 e. The van der Waals surface area contributed by atoms with E-state index in [0.29, 0.717) is 47.2 Å². The third-order valence-electron chi connectivity index (χ3n) is 5.16. The fourth-order valence-electron chi connectivity index (χ4n) is 3.50. The molecule has 9 heteroatoms. The number of aromatic nitrogens is 2. The van der Waals surface area contributed by atoms with Crippen LogP contribution in [0.5, 0.6) is 11.5 Å². The molecular weight excluding hydrogens is 432 g/mol. The lowest BCUT2D eigenvalue weighted by atomic mass is 10.1. The van der Waals surface area contributed by atoms with Crippen molar-refractivity contribution in [3.63, 3.8) is 0 Å². The normalized spacial score (nSPS) is 12.7. The first-order valence-corrected chi connectivity index (χ1v) is 10.3. The summed E-state index contributed by atoms with van der Waals surface area (Å²) in [5, 5.41) is 3.17. The molecule has 0 saturated heterocycles. The van der Waals surface area contributed by atoms with E-state index in [9.17, 15) is 9.59 Å². The van der Waals surface area contributed by atoms with Crippen molar-refractivity contribution in [2.24, 2.45) is 0 Å². The third kappa shape index (κ3) is 4.50. The number of carbonyl (C=O) groups is 2. The maximum Gasteiger partial charge on any atom is 0.258 e. The van der Waals surface area contributed by atoms with Crippen molar-refractivity contribution in [2.75, 3.05) is 26.1 Å². The molecule has 32 heavy (non-hydrogen) atoms. The number of methoxy groups -OCH3 is 2. The van der Waals surface area contributed by atoms with Gasteiger partial charge in [-0.3, -0.25) is 14.9 Å². The molecule has 2 amide bonds. The third-order valence-corrected chi connectivity index (χ3v) is 5.40. The van der Waals surface area contributed by atoms with E-state index in [1.165, 1.54) is 7.11 Å². The van der Waals surface area contributed by atoms with Crippen molar-refractivity contribution in [3.8, 4) is 11.5 Å². The van der Waals surface area contributed by atoms with Crippen molar-refractivity contribution in [3.05, 3.63) is 76.1 Å². The van der Waals surface area contributed by atoms with Crippen LogP contribution in [-0.4, -0.2) is 47.4 Å². The smallest absolute Gasteiger partial charge is 0.258 e. The lowest BCUT2D eigenvalue weighted by molar-refractivity contribution is 0.0733. The second-order valence-corrected chi connectivity index (χ2v) is 7.61. The van der Waals surface area contributed by atoms with Crippen LogP contribution in [0.4, 0.5) is 5.95 Å². The number of benzene rings is 2. The molecule has 1 aliphatic rings. The van der Waals surface area contributed by atoms with Gasteiger partial charge in [-0.15, -0.1) is 0 Å². The Balaban J connectivity index is 1.47. The Labute approximate surface area is 190 Å². The molecule has 0 aliphatic carbocycles. The SMILES string of the molecule is COc1ccc(C(=O)N2CCc3nc(NC(=O)c4cccc(Cl)c4)ncc3C2)cc1OC. The minimum atomic E-state index is -0.339. The lowest BCUT2D eigenvalue weighted by Crippen LogP contribution is -2.36. The molecule has 0 atom stereocenters. The van der Waals surface area contributed by atoms with Gasteiger partial charge in [-0.05, 0) is 36.4 Å². The van der Waals surface area contributed by atoms with Crippen molar-refractivity contribution in [1.82, 2.24) is 14.9 Å². The molecule has 2 heterocycles. The van der Waals surface area contributed by atoms with Crippen molar-refractivity contribution in [1.29, 1.82) is 0 Å². The summed E-state index contributed by atoms with van der Waals surface area (Å²) in [6.45, 7) is 0.879. The van der Waals surface area contributed by atoms with E-state index < -0.39 is 0 Å². The molecule has 0 spiro atoms. The lowest BCUT2D eigenvalue weighted by Gasteiger charge is -2.28. The number of anilines is 1. The molecule has 1 N–H and O–H groups in total. The van der Waals surface area contributed by atoms with Gasteiger partial charge in [0.25, 0.3) is 11.8 Å². The number of nitrogens with one attached hydrogen (secondary N) is 1. The molecule has 1 aliphatic heterocycles. The van der Waals surface area contributed by atoms with Gasteiger partial charge in [0, 0.05) is 47.4 Å². The highest BCUT2D eigenvalue weighted by atomic mass is 35.5. The first-order chi connectivity index (χ1) is 15.5. The van der Waals surface area contributed by atoms with E-state index in [4.69, 9.17) is 21.1 Å². The maximum absolute atomic E-state index is 13.0. The van der Waals surface area contributed by atoms with E-state index >= 15 is 0 Å². The number of rotatable bonds is 5. The van der Waals surface area contributed by atoms with Gasteiger partial charge in [-0.25, -0.2) is 9.97 Å². The molecule has 3 aromatic rings. The Kier molecular flexibility index (Phi) is 6.23. The molecule has 1 aromatic heterocycles. The Morgan fingerprint density at radius 3 is 2.62 bits per heavy atom. The second-order valence-electron chi connectivity index (χ2n) is 7.18. The number of amides is 2. The molecular formula is C23H21ClN4O4. The monoisotopic (exact) mass is 452 g/mol. The van der Waals surface area contributed by atoms with Crippen LogP contribution in [0.1, 0.15) is 32.0 Å². The van der Waals surface area contributed by atoms with Crippen LogP contribution in [0.15, 0.2) is 48.7 Å². The number of fused-ring (bicyclic) bond motifs is 1. The summed E-state index contributed by atoms with van der Waals surface area (Å²) in [7, 11) is 3.08. The summed E-state index contributed by atoms with van der Waals surface area (Å²) in [5.41, 5.74) is 2.58. The topological polar surface area (TPSA) is 93.7 Å². The minimum Gasteiger partial charge on any atom is -0.493 e. The predicted octanol–water partition coefficient (Wildman–Crippen LogP) is 3.60. The molecule has 0 radical (unpaired) electrons. The van der Waals surface area contributed by atoms with Gasteiger partial charge in [-0.2, -0.15) is 0 Å². The first-order valence-electron chi connectivity index (χ1n) is 9.91. The summed E-state index contributed by atoms with van der Waals surface area (Å²) in [6.07, 6.45) is 2.20. The van der Waals surface area contributed by atoms with Crippen LogP contribution in [0.3, 0.4) is 0 Å². The minimum absolute atomic E-state index is 0.116. The van der Waals surface area contributed by atoms with Crippen LogP contribution >= 0.6 is 11.6 Å². The van der Waals surface area contributed by atoms with Gasteiger partial charge in [0.05, 0.1) is 19.9 Å². The van der Waals surface area contributed by atoms with Gasteiger partial charge < -0.3 is 14.4 Å². The summed E-state index contributed by atoms with van der Waals surface area (Å²) < 4.78 is 10.5. The van der Waals surface area contributed by atoms with Gasteiger partial charge >= 0.3 is 0 Å². The average Bonchev–Trinajstić information content (AvgIpc) is 2.82. The van der Waals surface area contributed by atoms with Gasteiger partial charge in [-0.1, -0.05) is 17.7 Å². The number of hydrogen-bond acceptors (Lipinski definition) is 6. The molecule has 0 bridgehead atoms. The van der Waals surface area contributed by atoms with Crippen molar-refractivity contribution >= 4 is 29.4 Å². The first kappa shape index (κ1) is 21.6. The van der Waals surface area contributed by atoms with Crippen LogP contribution < -0.4 is 14.8 Å². The highest BCUT2D eigenvalue weighted by Gasteiger charge is 2.24. The quantitative estimate of drug-likeness (QED) is 0.635. The summed E-state index contributed by atoms with van der Waals surface area (Å²) in [6, 6.07) is 11.7. The second kappa shape index (κ2) is 9.23. The Bertz CT molecular complexity index is 1180. The van der Waals surface area contributed by atoms with E-state index in [0.717, 1.165) is 11.3 Å². The number of hydrogen-bond donors (Lipinski definition) is 1. The standard InChI is InChI=1S/C23H21ClN4O4/c1-31-19-7-6-15(11-20(19)32-2)22(30)28-9-8-18-16(13-28)12-25-23(26-18)27-21(29)14-4-3-5-17(24)10-14/h3-7,10-12H,8-9,13H2,1-2H3,(H,25,26,27,29). The molecule has 2 aromatic carbocycles. The molecule has 8 nitrogen and oxygen atoms in total. The fourth-order valence-corrected chi connectivity index (χ4v) is 3.70. The van der Waals surface area contributed by atoms with E-state index in [1.54, 1.807) is 60.7 Å². The van der Waals surface area contributed by atoms with Crippen LogP contribution in [0.2, 0.25) is 5.02 Å². The van der Waals surface area contributed by atoms with Gasteiger partial charge in [0.1, 0.15) is 0 Å². The van der Waals surface area contributed by atoms with E-state index in [-0.39, 0.29) is 17.8 Å². The Morgan fingerprint density at radius 2 is 1.88 bits per heavy atom. The van der Waals surface area contributed by atoms with Crippen LogP contribution in [-0.2, 0) is 13.0 Å². The van der Waals surface area contributed by atoms with E-state index in [2.05, 4.69) is 15.3 Å². The number of nitrogens with zero attached hydrogens (tertiary/aromatic N) is 3. The van der Waals surface area contributed by atoms with Crippen LogP contribution in [0.25, 0.3) is 0 Å². The molecule has 4 rings (SSSR count). The highest BCUT2D eigenvalue weighted by Crippen LogP contribution is 2.29. The molecule has 0 saturated carbocycles. The fraction of sp³-hybridized carbons (Fsp3) is 0.217. The zero-order chi connectivity index (χ0) is 22.7. The Morgan fingerprint density at radius 1 is 1.06 bits per heavy atom. The summed E-state index contributed by atoms with van der Waals surface area (Å²) >= 11 is 5.95. The maximum atomic E-state index is 13.0. The summed E-state index contributed by atoms with van der Waals surface area (Å²) in [5.74, 6) is 0.824. The van der Waals surface area contributed by atoms with Gasteiger partial charge in [0.15, 0.2) is 11.5 Å². The van der Waals surface area contributed by atoms with Crippen LogP contribution in [0, 0.1) is 0 Å². The van der Waals surface area contributed by atoms with Crippen molar-refractivity contribution in [2.45, 2.75) is 13.0 Å². The molecule has 164 valence electrons. The molecule has 0 unspecified atom stereocenters. The highest BCUT2D eigenvalue weighted by molar-refractivity contribution is 6.31. The zero-order valence-electron chi connectivity index (χ0n) is 17.6. The Hall–Kier alpha value is -3.65. The van der Waals surface area contributed by atoms with Crippen molar-refractivity contribution < 1.29 is 19.1 Å². The number of carbonyl (C=O) groups excluding carboxylic acids is 2. The van der Waals surface area contributed by atoms with Gasteiger partial charge in [0.2, 0.25) is 5.95 Å². The average molecular weight is 453 g/mol. The predicted molar refractivity (Wildman–Crippen MR) is 119 cm³/mol. The number of halogens is 1. The molecule has 0 fully saturated rings. The van der Waals surface area contributed by atoms with E-state index in [1.807, 2.05) is 0 Å². The summed E-state index contributed by atoms with van der Waals surface area (Å²) in [4.78, 5) is 35.9. The number of ether oxygens (including phenoxy) is 2. The zero-order valence-corrected chi connectivity index (χ0v) is 18.3.